The molecule has 21 heavy (non-hydrogen) atoms. The van der Waals surface area contributed by atoms with Crippen LogP contribution in [0.2, 0.25) is 0 Å². The van der Waals surface area contributed by atoms with Gasteiger partial charge in [0.2, 0.25) is 0 Å². The number of amidine groups is 1. The molecule has 2 unspecified atom stereocenters. The van der Waals surface area contributed by atoms with Gasteiger partial charge in [0.05, 0.1) is 6.54 Å². The summed E-state index contributed by atoms with van der Waals surface area (Å²) in [5.74, 6) is 2.11. The fourth-order valence-electron chi connectivity index (χ4n) is 3.49. The number of thioether (sulfide) groups is 1. The zero-order chi connectivity index (χ0) is 14.1. The largest absolute Gasteiger partial charge is 0.362 e. The summed E-state index contributed by atoms with van der Waals surface area (Å²) in [5, 5.41) is 7.42. The van der Waals surface area contributed by atoms with E-state index in [1.165, 1.54) is 41.4 Å². The highest BCUT2D eigenvalue weighted by Gasteiger charge is 2.31. The predicted octanol–water partition coefficient (Wildman–Crippen LogP) is 4.20. The first-order valence-corrected chi connectivity index (χ1v) is 8.79. The third kappa shape index (κ3) is 2.67. The molecule has 4 rings (SSSR count). The van der Waals surface area contributed by atoms with E-state index in [0.717, 1.165) is 17.6 Å². The van der Waals surface area contributed by atoms with Gasteiger partial charge in [0, 0.05) is 11.8 Å². The minimum Gasteiger partial charge on any atom is -0.362 e. The van der Waals surface area contributed by atoms with E-state index >= 15 is 0 Å². The molecule has 3 heteroatoms. The minimum atomic E-state index is 0.678. The van der Waals surface area contributed by atoms with E-state index < -0.39 is 0 Å². The molecule has 1 saturated heterocycles. The lowest BCUT2D eigenvalue weighted by atomic mass is 10.0. The van der Waals surface area contributed by atoms with Crippen LogP contribution in [-0.4, -0.2) is 17.0 Å². The van der Waals surface area contributed by atoms with Gasteiger partial charge >= 0.3 is 0 Å². The molecule has 2 atom stereocenters. The highest BCUT2D eigenvalue weighted by molar-refractivity contribution is 8.13. The number of nitrogens with zero attached hydrogens (tertiary/aromatic N) is 1. The third-order valence-electron chi connectivity index (χ3n) is 4.68. The molecular formula is C18H20N2S. The van der Waals surface area contributed by atoms with Gasteiger partial charge in [-0.05, 0) is 35.1 Å². The molecule has 2 aliphatic rings. The van der Waals surface area contributed by atoms with Crippen molar-refractivity contribution in [1.29, 1.82) is 0 Å². The molecule has 0 spiro atoms. The second-order valence-corrected chi connectivity index (χ2v) is 7.02. The van der Waals surface area contributed by atoms with Gasteiger partial charge in [-0.15, -0.1) is 0 Å². The van der Waals surface area contributed by atoms with E-state index in [0.29, 0.717) is 6.04 Å². The Morgan fingerprint density at radius 2 is 2.00 bits per heavy atom. The highest BCUT2D eigenvalue weighted by atomic mass is 32.2. The molecule has 1 heterocycles. The summed E-state index contributed by atoms with van der Waals surface area (Å²) in [4.78, 5) is 4.83. The van der Waals surface area contributed by atoms with Gasteiger partial charge in [0.1, 0.15) is 0 Å². The Bertz CT molecular complexity index is 674. The Hall–Kier alpha value is -1.48. The van der Waals surface area contributed by atoms with Gasteiger partial charge < -0.3 is 5.32 Å². The van der Waals surface area contributed by atoms with E-state index in [1.54, 1.807) is 0 Å². The van der Waals surface area contributed by atoms with Gasteiger partial charge in [-0.3, -0.25) is 4.99 Å². The summed E-state index contributed by atoms with van der Waals surface area (Å²) >= 11 is 1.90. The molecular weight excluding hydrogens is 276 g/mol. The van der Waals surface area contributed by atoms with Crippen molar-refractivity contribution in [2.75, 3.05) is 5.75 Å². The van der Waals surface area contributed by atoms with E-state index in [4.69, 9.17) is 4.99 Å². The molecule has 1 aliphatic carbocycles. The quantitative estimate of drug-likeness (QED) is 0.898. The summed E-state index contributed by atoms with van der Waals surface area (Å²) in [6.07, 6.45) is 4.08. The standard InChI is InChI=1S/C18H20N2S/c1-2-9-16-13(5-1)6-3-7-14(16)11-19-18-20-17-10-4-8-15(17)12-21-18/h1-3,5-7,9,15,17H,4,8,10-12H2,(H,19,20). The molecule has 0 aromatic heterocycles. The molecule has 0 radical (unpaired) electrons. The van der Waals surface area contributed by atoms with Gasteiger partial charge in [-0.1, -0.05) is 60.6 Å². The zero-order valence-electron chi connectivity index (χ0n) is 12.1. The van der Waals surface area contributed by atoms with E-state index in [9.17, 15) is 0 Å². The first-order valence-electron chi connectivity index (χ1n) is 7.80. The first kappa shape index (κ1) is 13.2. The van der Waals surface area contributed by atoms with Crippen LogP contribution in [0.1, 0.15) is 24.8 Å². The fourth-order valence-corrected chi connectivity index (χ4v) is 4.65. The molecule has 108 valence electrons. The van der Waals surface area contributed by atoms with Crippen LogP contribution in [0.25, 0.3) is 10.8 Å². The molecule has 2 aromatic carbocycles. The van der Waals surface area contributed by atoms with Crippen molar-refractivity contribution in [2.45, 2.75) is 31.8 Å². The van der Waals surface area contributed by atoms with Crippen LogP contribution in [-0.2, 0) is 6.54 Å². The van der Waals surface area contributed by atoms with Crippen molar-refractivity contribution in [3.63, 3.8) is 0 Å². The summed E-state index contributed by atoms with van der Waals surface area (Å²) in [5.41, 5.74) is 1.32. The van der Waals surface area contributed by atoms with Gasteiger partial charge in [-0.25, -0.2) is 0 Å². The van der Waals surface area contributed by atoms with Crippen LogP contribution < -0.4 is 5.32 Å². The van der Waals surface area contributed by atoms with Crippen LogP contribution in [0.4, 0.5) is 0 Å². The van der Waals surface area contributed by atoms with Crippen LogP contribution in [0.3, 0.4) is 0 Å². The van der Waals surface area contributed by atoms with Crippen molar-refractivity contribution in [2.24, 2.45) is 10.9 Å². The van der Waals surface area contributed by atoms with Crippen molar-refractivity contribution in [3.05, 3.63) is 48.0 Å². The predicted molar refractivity (Wildman–Crippen MR) is 91.8 cm³/mol. The maximum absolute atomic E-state index is 4.83. The third-order valence-corrected chi connectivity index (χ3v) is 5.79. The van der Waals surface area contributed by atoms with Crippen LogP contribution in [0.5, 0.6) is 0 Å². The summed E-state index contributed by atoms with van der Waals surface area (Å²) in [6, 6.07) is 15.7. The van der Waals surface area contributed by atoms with E-state index in [-0.39, 0.29) is 0 Å². The van der Waals surface area contributed by atoms with Gasteiger partial charge in [0.25, 0.3) is 0 Å². The minimum absolute atomic E-state index is 0.678. The molecule has 2 fully saturated rings. The molecule has 2 nitrogen and oxygen atoms in total. The summed E-state index contributed by atoms with van der Waals surface area (Å²) in [6.45, 7) is 0.772. The maximum Gasteiger partial charge on any atom is 0.157 e. The topological polar surface area (TPSA) is 24.4 Å². The van der Waals surface area contributed by atoms with Crippen molar-refractivity contribution >= 4 is 27.7 Å². The molecule has 0 amide bonds. The fraction of sp³-hybridized carbons (Fsp3) is 0.389. The molecule has 0 bridgehead atoms. The highest BCUT2D eigenvalue weighted by Crippen LogP contribution is 2.33. The summed E-state index contributed by atoms with van der Waals surface area (Å²) in [7, 11) is 0. The van der Waals surface area contributed by atoms with E-state index in [2.05, 4.69) is 47.8 Å². The SMILES string of the molecule is c1ccc2c(CN=C3NC4CCCC4CS3)cccc2c1. The number of aliphatic imine (C=N–C) groups is 1. The lowest BCUT2D eigenvalue weighted by molar-refractivity contribution is 0.489. The average molecular weight is 296 g/mol. The second-order valence-electron chi connectivity index (χ2n) is 6.01. The van der Waals surface area contributed by atoms with Crippen LogP contribution in [0, 0.1) is 5.92 Å². The zero-order valence-corrected chi connectivity index (χ0v) is 12.9. The van der Waals surface area contributed by atoms with E-state index in [1.807, 2.05) is 11.8 Å². The Morgan fingerprint density at radius 3 is 3.00 bits per heavy atom. The van der Waals surface area contributed by atoms with Gasteiger partial charge in [-0.2, -0.15) is 0 Å². The number of hydrogen-bond acceptors (Lipinski definition) is 2. The van der Waals surface area contributed by atoms with Crippen molar-refractivity contribution in [3.8, 4) is 0 Å². The first-order chi connectivity index (χ1) is 10.4. The Morgan fingerprint density at radius 1 is 1.10 bits per heavy atom. The van der Waals surface area contributed by atoms with Crippen LogP contribution in [0.15, 0.2) is 47.5 Å². The van der Waals surface area contributed by atoms with Crippen molar-refractivity contribution < 1.29 is 0 Å². The number of nitrogens with one attached hydrogen (secondary N) is 1. The second kappa shape index (κ2) is 5.72. The Kier molecular flexibility index (Phi) is 3.60. The smallest absolute Gasteiger partial charge is 0.157 e. The average Bonchev–Trinajstić information content (AvgIpc) is 3.00. The maximum atomic E-state index is 4.83. The lowest BCUT2D eigenvalue weighted by Gasteiger charge is -2.28. The molecule has 1 aliphatic heterocycles. The number of hydrogen-bond donors (Lipinski definition) is 1. The van der Waals surface area contributed by atoms with Crippen LogP contribution >= 0.6 is 11.8 Å². The number of rotatable bonds is 2. The Labute approximate surface area is 130 Å². The van der Waals surface area contributed by atoms with Gasteiger partial charge in [0.15, 0.2) is 5.17 Å². The molecule has 1 saturated carbocycles. The molecule has 2 aromatic rings. The Balaban J connectivity index is 1.54. The monoisotopic (exact) mass is 296 g/mol. The summed E-state index contributed by atoms with van der Waals surface area (Å²) < 4.78 is 0. The molecule has 1 N–H and O–H groups in total. The number of benzene rings is 2. The lowest BCUT2D eigenvalue weighted by Crippen LogP contribution is -2.41. The van der Waals surface area contributed by atoms with Crippen molar-refractivity contribution in [1.82, 2.24) is 5.32 Å². The normalized spacial score (nSPS) is 26.8. The number of fused-ring (bicyclic) bond motifs is 2.